The minimum Gasteiger partial charge on any atom is -0.311 e. The second-order valence-electron chi connectivity index (χ2n) is 6.35. The highest BCUT2D eigenvalue weighted by atomic mass is 35.5. The fourth-order valence-corrected chi connectivity index (χ4v) is 3.08. The molecule has 0 saturated heterocycles. The van der Waals surface area contributed by atoms with E-state index in [9.17, 15) is 4.79 Å². The number of halogens is 1. The molecule has 0 saturated carbocycles. The molecule has 1 N–H and O–H groups in total. The van der Waals surface area contributed by atoms with Crippen LogP contribution in [-0.2, 0) is 4.79 Å². The molecule has 9 heteroatoms. The molecule has 142 valence electrons. The Morgan fingerprint density at radius 3 is 2.71 bits per heavy atom. The standard InChI is InChI=1S/C19H18ClN7O/c1-3-4-17(28)24-16-9-12(2)25-27(16)19-15-10-23-26(18(15)21-11-22-19)14-7-5-13(20)6-8-14/h5-11H,3-4H2,1-2H3,(H,24,28). The van der Waals surface area contributed by atoms with Crippen LogP contribution in [0, 0.1) is 6.92 Å². The van der Waals surface area contributed by atoms with Crippen molar-refractivity contribution in [2.24, 2.45) is 0 Å². The highest BCUT2D eigenvalue weighted by Gasteiger charge is 2.17. The summed E-state index contributed by atoms with van der Waals surface area (Å²) in [6, 6.07) is 9.14. The Morgan fingerprint density at radius 2 is 1.96 bits per heavy atom. The van der Waals surface area contributed by atoms with Gasteiger partial charge in [0.25, 0.3) is 0 Å². The third-order valence-electron chi connectivity index (χ3n) is 4.19. The lowest BCUT2D eigenvalue weighted by Crippen LogP contribution is -2.15. The second kappa shape index (κ2) is 7.40. The maximum atomic E-state index is 12.1. The number of anilines is 1. The summed E-state index contributed by atoms with van der Waals surface area (Å²) >= 11 is 5.98. The van der Waals surface area contributed by atoms with Crippen molar-refractivity contribution in [2.75, 3.05) is 5.32 Å². The molecular weight excluding hydrogens is 378 g/mol. The van der Waals surface area contributed by atoms with Crippen molar-refractivity contribution in [2.45, 2.75) is 26.7 Å². The minimum absolute atomic E-state index is 0.0641. The Labute approximate surface area is 166 Å². The molecule has 0 aliphatic heterocycles. The Morgan fingerprint density at radius 1 is 1.18 bits per heavy atom. The summed E-state index contributed by atoms with van der Waals surface area (Å²) in [5.41, 5.74) is 2.23. The van der Waals surface area contributed by atoms with Crippen LogP contribution >= 0.6 is 11.6 Å². The van der Waals surface area contributed by atoms with Crippen LogP contribution in [0.15, 0.2) is 42.9 Å². The van der Waals surface area contributed by atoms with Crippen molar-refractivity contribution in [1.82, 2.24) is 29.5 Å². The summed E-state index contributed by atoms with van der Waals surface area (Å²) in [5.74, 6) is 1.05. The van der Waals surface area contributed by atoms with Gasteiger partial charge in [0.05, 0.1) is 23.0 Å². The average Bonchev–Trinajstić information content (AvgIpc) is 3.26. The molecule has 1 amide bonds. The van der Waals surface area contributed by atoms with E-state index in [4.69, 9.17) is 11.6 Å². The molecule has 0 fully saturated rings. The molecule has 4 aromatic rings. The Bertz CT molecular complexity index is 1150. The predicted octanol–water partition coefficient (Wildman–Crippen LogP) is 3.70. The summed E-state index contributed by atoms with van der Waals surface area (Å²) < 4.78 is 3.32. The van der Waals surface area contributed by atoms with Crippen molar-refractivity contribution in [3.63, 3.8) is 0 Å². The van der Waals surface area contributed by atoms with Crippen LogP contribution < -0.4 is 5.32 Å². The maximum absolute atomic E-state index is 12.1. The molecule has 3 aromatic heterocycles. The average molecular weight is 396 g/mol. The van der Waals surface area contributed by atoms with Gasteiger partial charge in [-0.2, -0.15) is 14.9 Å². The number of amides is 1. The van der Waals surface area contributed by atoms with Crippen LogP contribution in [0.3, 0.4) is 0 Å². The van der Waals surface area contributed by atoms with Crippen molar-refractivity contribution >= 4 is 34.4 Å². The van der Waals surface area contributed by atoms with E-state index in [1.165, 1.54) is 6.33 Å². The SMILES string of the molecule is CCCC(=O)Nc1cc(C)nn1-c1ncnc2c1cnn2-c1ccc(Cl)cc1. The number of carbonyl (C=O) groups excluding carboxylic acids is 1. The van der Waals surface area contributed by atoms with Gasteiger partial charge < -0.3 is 5.32 Å². The molecule has 0 bridgehead atoms. The van der Waals surface area contributed by atoms with E-state index in [1.807, 2.05) is 32.0 Å². The van der Waals surface area contributed by atoms with Crippen LogP contribution in [0.1, 0.15) is 25.5 Å². The number of aromatic nitrogens is 6. The first-order valence-corrected chi connectivity index (χ1v) is 9.26. The molecule has 0 aliphatic carbocycles. The molecule has 4 rings (SSSR count). The number of nitrogens with zero attached hydrogens (tertiary/aromatic N) is 6. The number of fused-ring (bicyclic) bond motifs is 1. The zero-order valence-corrected chi connectivity index (χ0v) is 16.2. The second-order valence-corrected chi connectivity index (χ2v) is 6.78. The highest BCUT2D eigenvalue weighted by Crippen LogP contribution is 2.24. The van der Waals surface area contributed by atoms with Gasteiger partial charge in [0.2, 0.25) is 5.91 Å². The van der Waals surface area contributed by atoms with Gasteiger partial charge in [-0.3, -0.25) is 4.79 Å². The van der Waals surface area contributed by atoms with Gasteiger partial charge in [-0.15, -0.1) is 0 Å². The third kappa shape index (κ3) is 3.34. The first kappa shape index (κ1) is 18.1. The van der Waals surface area contributed by atoms with Crippen molar-refractivity contribution in [3.8, 4) is 11.5 Å². The fraction of sp³-hybridized carbons (Fsp3) is 0.211. The van der Waals surface area contributed by atoms with Crippen molar-refractivity contribution in [3.05, 3.63) is 53.6 Å². The van der Waals surface area contributed by atoms with Gasteiger partial charge in [-0.1, -0.05) is 18.5 Å². The number of nitrogens with one attached hydrogen (secondary N) is 1. The van der Waals surface area contributed by atoms with Gasteiger partial charge in [-0.25, -0.2) is 14.6 Å². The topological polar surface area (TPSA) is 90.5 Å². The molecule has 3 heterocycles. The molecular formula is C19H18ClN7O. The number of rotatable bonds is 5. The summed E-state index contributed by atoms with van der Waals surface area (Å²) in [7, 11) is 0. The molecule has 0 atom stereocenters. The molecule has 0 unspecified atom stereocenters. The number of hydrogen-bond donors (Lipinski definition) is 1. The number of benzene rings is 1. The first-order valence-electron chi connectivity index (χ1n) is 8.88. The van der Waals surface area contributed by atoms with Crippen molar-refractivity contribution < 1.29 is 4.79 Å². The first-order chi connectivity index (χ1) is 13.6. The lowest BCUT2D eigenvalue weighted by Gasteiger charge is -2.09. The predicted molar refractivity (Wildman–Crippen MR) is 107 cm³/mol. The third-order valence-corrected chi connectivity index (χ3v) is 4.44. The molecule has 1 aromatic carbocycles. The number of hydrogen-bond acceptors (Lipinski definition) is 5. The van der Waals surface area contributed by atoms with E-state index in [-0.39, 0.29) is 5.91 Å². The lowest BCUT2D eigenvalue weighted by atomic mass is 10.3. The van der Waals surface area contributed by atoms with Crippen LogP contribution in [0.4, 0.5) is 5.82 Å². The monoisotopic (exact) mass is 395 g/mol. The zero-order chi connectivity index (χ0) is 19.7. The van der Waals surface area contributed by atoms with Gasteiger partial charge in [0, 0.05) is 17.5 Å². The zero-order valence-electron chi connectivity index (χ0n) is 15.4. The number of aryl methyl sites for hydroxylation is 1. The number of carbonyl (C=O) groups is 1. The molecule has 0 spiro atoms. The molecule has 0 radical (unpaired) electrons. The normalized spacial score (nSPS) is 11.1. The van der Waals surface area contributed by atoms with E-state index in [1.54, 1.807) is 27.7 Å². The van der Waals surface area contributed by atoms with Gasteiger partial charge in [-0.05, 0) is 37.6 Å². The van der Waals surface area contributed by atoms with Crippen LogP contribution in [-0.4, -0.2) is 35.4 Å². The van der Waals surface area contributed by atoms with E-state index < -0.39 is 0 Å². The lowest BCUT2D eigenvalue weighted by molar-refractivity contribution is -0.116. The van der Waals surface area contributed by atoms with Crippen LogP contribution in [0.2, 0.25) is 5.02 Å². The maximum Gasteiger partial charge on any atom is 0.225 e. The van der Waals surface area contributed by atoms with Gasteiger partial charge >= 0.3 is 0 Å². The smallest absolute Gasteiger partial charge is 0.225 e. The summed E-state index contributed by atoms with van der Waals surface area (Å²) in [6.07, 6.45) is 4.36. The molecule has 0 aliphatic rings. The highest BCUT2D eigenvalue weighted by molar-refractivity contribution is 6.30. The van der Waals surface area contributed by atoms with Gasteiger partial charge in [0.15, 0.2) is 11.5 Å². The largest absolute Gasteiger partial charge is 0.311 e. The Balaban J connectivity index is 1.81. The van der Waals surface area contributed by atoms with E-state index in [0.717, 1.165) is 17.8 Å². The molecule has 8 nitrogen and oxygen atoms in total. The quantitative estimate of drug-likeness (QED) is 0.556. The summed E-state index contributed by atoms with van der Waals surface area (Å²) in [5, 5.41) is 13.2. The minimum atomic E-state index is -0.0641. The van der Waals surface area contributed by atoms with E-state index >= 15 is 0 Å². The van der Waals surface area contributed by atoms with Crippen LogP contribution in [0.5, 0.6) is 0 Å². The Hall–Kier alpha value is -3.26. The fourth-order valence-electron chi connectivity index (χ4n) is 2.95. The van der Waals surface area contributed by atoms with Gasteiger partial charge in [0.1, 0.15) is 12.1 Å². The summed E-state index contributed by atoms with van der Waals surface area (Å²) in [6.45, 7) is 3.82. The van der Waals surface area contributed by atoms with E-state index in [0.29, 0.717) is 34.1 Å². The van der Waals surface area contributed by atoms with E-state index in [2.05, 4.69) is 25.5 Å². The Kier molecular flexibility index (Phi) is 4.79. The van der Waals surface area contributed by atoms with Crippen molar-refractivity contribution in [1.29, 1.82) is 0 Å². The van der Waals surface area contributed by atoms with Crippen LogP contribution in [0.25, 0.3) is 22.5 Å². The summed E-state index contributed by atoms with van der Waals surface area (Å²) in [4.78, 5) is 20.8. The molecule has 28 heavy (non-hydrogen) atoms.